The molecule has 1 aliphatic heterocycles. The maximum Gasteiger partial charge on any atom is 0.356 e. The molecule has 2 aromatic heterocycles. The van der Waals surface area contributed by atoms with Crippen molar-refractivity contribution in [2.75, 3.05) is 10.2 Å². The molecular formula is C29H27ClN4O3. The normalized spacial score (nSPS) is 15.6. The fourth-order valence-corrected chi connectivity index (χ4v) is 5.55. The van der Waals surface area contributed by atoms with Crippen LogP contribution in [-0.2, 0) is 13.1 Å². The number of nitrogens with one attached hydrogen (secondary N) is 1. The summed E-state index contributed by atoms with van der Waals surface area (Å²) in [5.41, 5.74) is 4.75. The Labute approximate surface area is 219 Å². The molecule has 0 amide bonds. The molecule has 0 bridgehead atoms. The highest BCUT2D eigenvalue weighted by Gasteiger charge is 2.32. The molecule has 6 rings (SSSR count). The molecule has 0 radical (unpaired) electrons. The predicted octanol–water partition coefficient (Wildman–Crippen LogP) is 6.08. The van der Waals surface area contributed by atoms with Gasteiger partial charge < -0.3 is 15.3 Å². The van der Waals surface area contributed by atoms with E-state index < -0.39 is 5.97 Å². The Morgan fingerprint density at radius 3 is 2.43 bits per heavy atom. The van der Waals surface area contributed by atoms with Gasteiger partial charge in [0, 0.05) is 30.6 Å². The lowest BCUT2D eigenvalue weighted by Crippen LogP contribution is -2.28. The highest BCUT2D eigenvalue weighted by atomic mass is 35.5. The van der Waals surface area contributed by atoms with Gasteiger partial charge in [-0.3, -0.25) is 9.36 Å². The van der Waals surface area contributed by atoms with Gasteiger partial charge in [0.2, 0.25) is 0 Å². The van der Waals surface area contributed by atoms with Crippen LogP contribution in [0.5, 0.6) is 0 Å². The van der Waals surface area contributed by atoms with Gasteiger partial charge in [-0.1, -0.05) is 41.9 Å². The van der Waals surface area contributed by atoms with E-state index in [9.17, 15) is 14.7 Å². The van der Waals surface area contributed by atoms with E-state index in [1.165, 1.54) is 11.1 Å². The summed E-state index contributed by atoms with van der Waals surface area (Å²) in [7, 11) is 0. The maximum atomic E-state index is 13.9. The number of benzene rings is 2. The third-order valence-corrected chi connectivity index (χ3v) is 7.52. The Kier molecular flexibility index (Phi) is 5.68. The van der Waals surface area contributed by atoms with Gasteiger partial charge in [0.25, 0.3) is 5.56 Å². The van der Waals surface area contributed by atoms with Crippen LogP contribution in [0, 0.1) is 6.92 Å². The number of anilines is 2. The first kappa shape index (κ1) is 23.6. The molecule has 2 aromatic carbocycles. The van der Waals surface area contributed by atoms with E-state index >= 15 is 0 Å². The number of carbonyl (C=O) groups is 1. The Morgan fingerprint density at radius 2 is 1.78 bits per heavy atom. The number of carboxylic acids is 1. The molecule has 1 aliphatic carbocycles. The van der Waals surface area contributed by atoms with Crippen LogP contribution < -0.4 is 15.8 Å². The number of pyridine rings is 2. The molecule has 8 heteroatoms. The molecule has 0 spiro atoms. The average Bonchev–Trinajstić information content (AvgIpc) is 3.61. The Morgan fingerprint density at radius 1 is 1.08 bits per heavy atom. The monoisotopic (exact) mass is 514 g/mol. The largest absolute Gasteiger partial charge is 0.476 e. The maximum absolute atomic E-state index is 13.9. The minimum atomic E-state index is -1.16. The van der Waals surface area contributed by atoms with Gasteiger partial charge in [-0.25, -0.2) is 9.78 Å². The third kappa shape index (κ3) is 4.23. The lowest BCUT2D eigenvalue weighted by atomic mass is 9.97. The first-order valence-corrected chi connectivity index (χ1v) is 12.9. The number of halogens is 1. The Bertz CT molecular complexity index is 1600. The van der Waals surface area contributed by atoms with Crippen LogP contribution in [0.1, 0.15) is 64.6 Å². The van der Waals surface area contributed by atoms with E-state index in [-0.39, 0.29) is 28.5 Å². The SMILES string of the molecule is Cc1cc([C@@H](C)Nc2ccc(Cl)nc2C(=O)O)c2cc(N3Cc4ccccc4C3)n(C3CC3)c(=O)c2c1. The van der Waals surface area contributed by atoms with Crippen LogP contribution in [-0.4, -0.2) is 20.6 Å². The van der Waals surface area contributed by atoms with Crippen LogP contribution >= 0.6 is 11.6 Å². The number of aromatic carboxylic acids is 1. The summed E-state index contributed by atoms with van der Waals surface area (Å²) in [6.07, 6.45) is 2.02. The molecule has 188 valence electrons. The van der Waals surface area contributed by atoms with Crippen molar-refractivity contribution in [2.24, 2.45) is 0 Å². The van der Waals surface area contributed by atoms with E-state index in [0.29, 0.717) is 11.1 Å². The van der Waals surface area contributed by atoms with Crippen molar-refractivity contribution >= 4 is 39.8 Å². The number of nitrogens with zero attached hydrogens (tertiary/aromatic N) is 3. The molecule has 7 nitrogen and oxygen atoms in total. The summed E-state index contributed by atoms with van der Waals surface area (Å²) in [5, 5.41) is 14.6. The number of hydrogen-bond acceptors (Lipinski definition) is 5. The highest BCUT2D eigenvalue weighted by molar-refractivity contribution is 6.29. The van der Waals surface area contributed by atoms with Crippen LogP contribution in [0.2, 0.25) is 5.15 Å². The summed E-state index contributed by atoms with van der Waals surface area (Å²) in [5.74, 6) is -0.220. The molecule has 4 aromatic rings. The molecule has 3 heterocycles. The van der Waals surface area contributed by atoms with Gasteiger partial charge in [0.15, 0.2) is 5.69 Å². The smallest absolute Gasteiger partial charge is 0.356 e. The lowest BCUT2D eigenvalue weighted by Gasteiger charge is -2.25. The van der Waals surface area contributed by atoms with Crippen LogP contribution in [0.4, 0.5) is 11.5 Å². The van der Waals surface area contributed by atoms with E-state index in [1.807, 2.05) is 24.5 Å². The second-order valence-corrected chi connectivity index (χ2v) is 10.4. The Hall–Kier alpha value is -3.84. The van der Waals surface area contributed by atoms with Crippen molar-refractivity contribution in [3.8, 4) is 0 Å². The quantitative estimate of drug-likeness (QED) is 0.303. The van der Waals surface area contributed by atoms with Gasteiger partial charge in [0.05, 0.1) is 5.69 Å². The zero-order chi connectivity index (χ0) is 25.8. The summed E-state index contributed by atoms with van der Waals surface area (Å²) < 4.78 is 1.99. The van der Waals surface area contributed by atoms with Crippen LogP contribution in [0.3, 0.4) is 0 Å². The molecule has 1 saturated carbocycles. The minimum absolute atomic E-state index is 0.0301. The molecule has 2 aliphatic rings. The topological polar surface area (TPSA) is 87.5 Å². The number of aromatic nitrogens is 2. The fraction of sp³-hybridized carbons (Fsp3) is 0.276. The zero-order valence-corrected chi connectivity index (χ0v) is 21.4. The van der Waals surface area contributed by atoms with Crippen molar-refractivity contribution in [2.45, 2.75) is 51.9 Å². The van der Waals surface area contributed by atoms with Crippen molar-refractivity contribution in [3.05, 3.63) is 98.1 Å². The first-order valence-electron chi connectivity index (χ1n) is 12.5. The van der Waals surface area contributed by atoms with Crippen LogP contribution in [0.15, 0.2) is 59.4 Å². The highest BCUT2D eigenvalue weighted by Crippen LogP contribution is 2.41. The second-order valence-electron chi connectivity index (χ2n) is 10.1. The van der Waals surface area contributed by atoms with E-state index in [4.69, 9.17) is 11.6 Å². The first-order chi connectivity index (χ1) is 17.8. The number of fused-ring (bicyclic) bond motifs is 2. The van der Waals surface area contributed by atoms with Crippen molar-refractivity contribution in [1.82, 2.24) is 9.55 Å². The minimum Gasteiger partial charge on any atom is -0.476 e. The summed E-state index contributed by atoms with van der Waals surface area (Å²) in [6, 6.07) is 17.7. The van der Waals surface area contributed by atoms with E-state index in [0.717, 1.165) is 48.3 Å². The van der Waals surface area contributed by atoms with E-state index in [1.54, 1.807) is 12.1 Å². The van der Waals surface area contributed by atoms with Crippen molar-refractivity contribution in [3.63, 3.8) is 0 Å². The summed E-state index contributed by atoms with van der Waals surface area (Å²) >= 11 is 5.95. The molecule has 2 N–H and O–H groups in total. The number of aryl methyl sites for hydroxylation is 1. The molecule has 0 unspecified atom stereocenters. The third-order valence-electron chi connectivity index (χ3n) is 7.30. The standard InChI is InChI=1S/C29H27ClN4O3/c1-16-11-21(17(2)31-24-9-10-25(30)32-27(24)29(36)37)22-13-26(33-14-18-5-3-4-6-19(18)15-33)34(20-7-8-20)28(35)23(22)12-16/h3-6,9-13,17,20,31H,7-8,14-15H2,1-2H3,(H,36,37)/t17-/m1/s1. The molecule has 0 saturated heterocycles. The van der Waals surface area contributed by atoms with Crippen LogP contribution in [0.25, 0.3) is 10.8 Å². The fourth-order valence-electron chi connectivity index (χ4n) is 5.40. The molecule has 1 atom stereocenters. The van der Waals surface area contributed by atoms with Crippen molar-refractivity contribution in [1.29, 1.82) is 0 Å². The lowest BCUT2D eigenvalue weighted by molar-refractivity contribution is 0.0691. The van der Waals surface area contributed by atoms with Gasteiger partial charge in [-0.15, -0.1) is 0 Å². The molecule has 37 heavy (non-hydrogen) atoms. The second kappa shape index (κ2) is 8.92. The molecular weight excluding hydrogens is 488 g/mol. The number of carboxylic acid groups (broad SMARTS) is 1. The van der Waals surface area contributed by atoms with Gasteiger partial charge in [0.1, 0.15) is 11.0 Å². The predicted molar refractivity (Wildman–Crippen MR) is 146 cm³/mol. The summed E-state index contributed by atoms with van der Waals surface area (Å²) in [6.45, 7) is 5.48. The van der Waals surface area contributed by atoms with Gasteiger partial charge in [-0.05, 0) is 78.6 Å². The van der Waals surface area contributed by atoms with Crippen molar-refractivity contribution < 1.29 is 9.90 Å². The number of hydrogen-bond donors (Lipinski definition) is 2. The van der Waals surface area contributed by atoms with E-state index in [2.05, 4.69) is 51.6 Å². The number of rotatable bonds is 6. The van der Waals surface area contributed by atoms with Gasteiger partial charge in [-0.2, -0.15) is 0 Å². The Balaban J connectivity index is 1.48. The zero-order valence-electron chi connectivity index (χ0n) is 20.7. The molecule has 1 fully saturated rings. The summed E-state index contributed by atoms with van der Waals surface area (Å²) in [4.78, 5) is 32.0. The van der Waals surface area contributed by atoms with Gasteiger partial charge >= 0.3 is 5.97 Å². The average molecular weight is 515 g/mol.